The first-order valence-corrected chi connectivity index (χ1v) is 12.1. The Labute approximate surface area is 184 Å². The molecule has 0 saturated carbocycles. The zero-order valence-corrected chi connectivity index (χ0v) is 18.8. The smallest absolute Gasteiger partial charge is 0.274 e. The lowest BCUT2D eigenvalue weighted by Gasteiger charge is -2.30. The maximum absolute atomic E-state index is 12.9. The first-order valence-electron chi connectivity index (χ1n) is 9.84. The van der Waals surface area contributed by atoms with E-state index in [4.69, 9.17) is 9.47 Å². The van der Waals surface area contributed by atoms with Crippen molar-refractivity contribution in [2.45, 2.75) is 30.8 Å². The number of amides is 1. The SMILES string of the molecule is COc1ccc2nc(OC3CCN(S(=O)(=O)c4ccc(NC(C)=O)cc4)CC3)sc2c1. The average Bonchev–Trinajstić information content (AvgIpc) is 3.15. The number of benzene rings is 2. The van der Waals surface area contributed by atoms with Gasteiger partial charge in [0.25, 0.3) is 5.19 Å². The summed E-state index contributed by atoms with van der Waals surface area (Å²) >= 11 is 1.45. The molecule has 4 rings (SSSR count). The number of carbonyl (C=O) groups excluding carboxylic acids is 1. The summed E-state index contributed by atoms with van der Waals surface area (Å²) in [7, 11) is -1.97. The summed E-state index contributed by atoms with van der Waals surface area (Å²) in [4.78, 5) is 15.8. The Balaban J connectivity index is 1.38. The summed E-state index contributed by atoms with van der Waals surface area (Å²) < 4.78 is 39.6. The molecule has 0 radical (unpaired) electrons. The normalized spacial score (nSPS) is 15.7. The van der Waals surface area contributed by atoms with Crippen LogP contribution < -0.4 is 14.8 Å². The molecule has 8 nitrogen and oxygen atoms in total. The van der Waals surface area contributed by atoms with Crippen molar-refractivity contribution in [3.8, 4) is 10.9 Å². The number of aromatic nitrogens is 1. The van der Waals surface area contributed by atoms with Crippen molar-refractivity contribution in [2.75, 3.05) is 25.5 Å². The Morgan fingerprint density at radius 1 is 1.16 bits per heavy atom. The highest BCUT2D eigenvalue weighted by molar-refractivity contribution is 7.89. The highest BCUT2D eigenvalue weighted by atomic mass is 32.2. The molecule has 2 heterocycles. The zero-order valence-electron chi connectivity index (χ0n) is 17.2. The molecule has 2 aromatic carbocycles. The number of nitrogens with zero attached hydrogens (tertiary/aromatic N) is 2. The minimum absolute atomic E-state index is 0.0870. The number of hydrogen-bond donors (Lipinski definition) is 1. The summed E-state index contributed by atoms with van der Waals surface area (Å²) in [6.07, 6.45) is 1.08. The van der Waals surface area contributed by atoms with Gasteiger partial charge < -0.3 is 14.8 Å². The third kappa shape index (κ3) is 4.81. The van der Waals surface area contributed by atoms with Crippen LogP contribution in [0.4, 0.5) is 5.69 Å². The fourth-order valence-corrected chi connectivity index (χ4v) is 5.84. The molecule has 10 heteroatoms. The van der Waals surface area contributed by atoms with Gasteiger partial charge in [-0.1, -0.05) is 11.3 Å². The van der Waals surface area contributed by atoms with Crippen molar-refractivity contribution in [1.82, 2.24) is 9.29 Å². The number of sulfonamides is 1. The lowest BCUT2D eigenvalue weighted by molar-refractivity contribution is -0.114. The number of nitrogens with one attached hydrogen (secondary N) is 1. The fourth-order valence-electron chi connectivity index (χ4n) is 3.46. The van der Waals surface area contributed by atoms with Crippen molar-refractivity contribution in [3.05, 3.63) is 42.5 Å². The standard InChI is InChI=1S/C21H23N3O5S2/c1-14(25)22-15-3-6-18(7-4-15)31(26,27)24-11-9-16(10-12-24)29-21-23-19-8-5-17(28-2)13-20(19)30-21/h3-8,13,16H,9-12H2,1-2H3,(H,22,25). The van der Waals surface area contributed by atoms with E-state index < -0.39 is 10.0 Å². The van der Waals surface area contributed by atoms with E-state index in [1.165, 1.54) is 34.7 Å². The molecule has 0 unspecified atom stereocenters. The van der Waals surface area contributed by atoms with E-state index in [1.54, 1.807) is 19.2 Å². The van der Waals surface area contributed by atoms with E-state index in [0.717, 1.165) is 16.0 Å². The van der Waals surface area contributed by atoms with E-state index in [-0.39, 0.29) is 16.9 Å². The van der Waals surface area contributed by atoms with Crippen LogP contribution in [-0.4, -0.2) is 49.9 Å². The Morgan fingerprint density at radius 3 is 2.52 bits per heavy atom. The van der Waals surface area contributed by atoms with Gasteiger partial charge in [-0.15, -0.1) is 0 Å². The monoisotopic (exact) mass is 461 g/mol. The third-order valence-corrected chi connectivity index (χ3v) is 7.88. The highest BCUT2D eigenvalue weighted by Gasteiger charge is 2.30. The summed E-state index contributed by atoms with van der Waals surface area (Å²) in [6, 6.07) is 11.9. The van der Waals surface area contributed by atoms with Crippen LogP contribution in [0.3, 0.4) is 0 Å². The molecule has 3 aromatic rings. The molecule has 1 amide bonds. The van der Waals surface area contributed by atoms with Crippen LogP contribution in [0.1, 0.15) is 19.8 Å². The summed E-state index contributed by atoms with van der Waals surface area (Å²) in [6.45, 7) is 2.15. The Kier molecular flexibility index (Phi) is 6.12. The van der Waals surface area contributed by atoms with Gasteiger partial charge in [0.05, 0.1) is 22.2 Å². The fraction of sp³-hybridized carbons (Fsp3) is 0.333. The number of thiazole rings is 1. The predicted molar refractivity (Wildman–Crippen MR) is 119 cm³/mol. The summed E-state index contributed by atoms with van der Waals surface area (Å²) in [5.74, 6) is 0.566. The number of rotatable bonds is 6. The van der Waals surface area contributed by atoms with Crippen LogP contribution in [0, 0.1) is 0 Å². The molecule has 0 aliphatic carbocycles. The number of ether oxygens (including phenoxy) is 2. The number of anilines is 1. The van der Waals surface area contributed by atoms with Crippen LogP contribution in [0.5, 0.6) is 10.9 Å². The second-order valence-electron chi connectivity index (χ2n) is 7.24. The molecular weight excluding hydrogens is 438 g/mol. The van der Waals surface area contributed by atoms with Gasteiger partial charge in [0.1, 0.15) is 11.9 Å². The quantitative estimate of drug-likeness (QED) is 0.603. The van der Waals surface area contributed by atoms with Crippen molar-refractivity contribution in [1.29, 1.82) is 0 Å². The van der Waals surface area contributed by atoms with Crippen molar-refractivity contribution >= 4 is 43.2 Å². The van der Waals surface area contributed by atoms with Gasteiger partial charge >= 0.3 is 0 Å². The molecule has 0 atom stereocenters. The van der Waals surface area contributed by atoms with Gasteiger partial charge in [0.15, 0.2) is 0 Å². The second kappa shape index (κ2) is 8.81. The largest absolute Gasteiger partial charge is 0.497 e. The van der Waals surface area contributed by atoms with Crippen molar-refractivity contribution in [2.24, 2.45) is 0 Å². The van der Waals surface area contributed by atoms with E-state index >= 15 is 0 Å². The van der Waals surface area contributed by atoms with Gasteiger partial charge in [-0.3, -0.25) is 4.79 Å². The van der Waals surface area contributed by atoms with E-state index in [0.29, 0.717) is 36.8 Å². The molecule has 0 bridgehead atoms. The Hall–Kier alpha value is -2.69. The maximum atomic E-state index is 12.9. The van der Waals surface area contributed by atoms with Crippen LogP contribution in [0.2, 0.25) is 0 Å². The predicted octanol–water partition coefficient (Wildman–Crippen LogP) is 3.50. The molecule has 1 saturated heterocycles. The average molecular weight is 462 g/mol. The molecule has 164 valence electrons. The lowest BCUT2D eigenvalue weighted by Crippen LogP contribution is -2.41. The molecule has 1 aliphatic rings. The molecule has 1 fully saturated rings. The molecule has 0 spiro atoms. The highest BCUT2D eigenvalue weighted by Crippen LogP contribution is 2.32. The topological polar surface area (TPSA) is 97.8 Å². The minimum Gasteiger partial charge on any atom is -0.497 e. The van der Waals surface area contributed by atoms with E-state index in [9.17, 15) is 13.2 Å². The van der Waals surface area contributed by atoms with Crippen LogP contribution in [0.15, 0.2) is 47.4 Å². The second-order valence-corrected chi connectivity index (χ2v) is 10.2. The van der Waals surface area contributed by atoms with Gasteiger partial charge in [-0.05, 0) is 55.3 Å². The summed E-state index contributed by atoms with van der Waals surface area (Å²) in [5, 5.41) is 3.21. The molecule has 31 heavy (non-hydrogen) atoms. The minimum atomic E-state index is -3.59. The van der Waals surface area contributed by atoms with Crippen LogP contribution in [0.25, 0.3) is 10.2 Å². The first kappa shape index (κ1) is 21.5. The Bertz CT molecular complexity index is 1180. The number of methoxy groups -OCH3 is 1. The molecule has 1 aliphatic heterocycles. The van der Waals surface area contributed by atoms with Gasteiger partial charge in [0, 0.05) is 25.7 Å². The van der Waals surface area contributed by atoms with Gasteiger partial charge in [0.2, 0.25) is 15.9 Å². The third-order valence-electron chi connectivity index (χ3n) is 5.06. The van der Waals surface area contributed by atoms with Gasteiger partial charge in [-0.25, -0.2) is 13.4 Å². The van der Waals surface area contributed by atoms with Crippen molar-refractivity contribution < 1.29 is 22.7 Å². The molecule has 1 N–H and O–H groups in total. The van der Waals surface area contributed by atoms with Crippen LogP contribution >= 0.6 is 11.3 Å². The molecular formula is C21H23N3O5S2. The zero-order chi connectivity index (χ0) is 22.0. The van der Waals surface area contributed by atoms with E-state index in [2.05, 4.69) is 10.3 Å². The Morgan fingerprint density at radius 2 is 1.87 bits per heavy atom. The number of carbonyl (C=O) groups is 1. The van der Waals surface area contributed by atoms with Crippen molar-refractivity contribution in [3.63, 3.8) is 0 Å². The lowest BCUT2D eigenvalue weighted by atomic mass is 10.1. The number of piperidine rings is 1. The van der Waals surface area contributed by atoms with Gasteiger partial charge in [-0.2, -0.15) is 4.31 Å². The number of fused-ring (bicyclic) bond motifs is 1. The maximum Gasteiger partial charge on any atom is 0.274 e. The van der Waals surface area contributed by atoms with E-state index in [1.807, 2.05) is 18.2 Å². The summed E-state index contributed by atoms with van der Waals surface area (Å²) in [5.41, 5.74) is 1.41. The number of hydrogen-bond acceptors (Lipinski definition) is 7. The first-order chi connectivity index (χ1) is 14.8. The molecule has 1 aromatic heterocycles. The van der Waals surface area contributed by atoms with Crippen LogP contribution in [-0.2, 0) is 14.8 Å².